The lowest BCUT2D eigenvalue weighted by Gasteiger charge is -2.26. The molecule has 17 heavy (non-hydrogen) atoms. The van der Waals surface area contributed by atoms with Gasteiger partial charge >= 0.3 is 0 Å². The number of rotatable bonds is 1. The van der Waals surface area contributed by atoms with Gasteiger partial charge in [0.15, 0.2) is 5.65 Å². The molecule has 2 heterocycles. The van der Waals surface area contributed by atoms with E-state index in [-0.39, 0.29) is 0 Å². The molecule has 0 aliphatic heterocycles. The summed E-state index contributed by atoms with van der Waals surface area (Å²) in [7, 11) is 0. The Labute approximate surface area is 113 Å². The average molecular weight is 315 g/mol. The molecule has 3 nitrogen and oxygen atoms in total. The summed E-state index contributed by atoms with van der Waals surface area (Å²) in [4.78, 5) is 4.81. The molecule has 0 radical (unpaired) electrons. The van der Waals surface area contributed by atoms with Gasteiger partial charge in [0.05, 0.1) is 0 Å². The standard InChI is InChI=1S/C12H13BrClN3/c13-9-3-1-8(2-4-9)10-6-17-12(5-11(10)14)15-7-16-17/h5-9H,1-4H2. The van der Waals surface area contributed by atoms with Crippen LogP contribution in [0.2, 0.25) is 5.02 Å². The van der Waals surface area contributed by atoms with Crippen molar-refractivity contribution in [2.24, 2.45) is 0 Å². The van der Waals surface area contributed by atoms with E-state index >= 15 is 0 Å². The molecule has 2 aromatic heterocycles. The van der Waals surface area contributed by atoms with Crippen molar-refractivity contribution in [1.82, 2.24) is 14.6 Å². The minimum Gasteiger partial charge on any atom is -0.221 e. The molecule has 3 rings (SSSR count). The zero-order valence-electron chi connectivity index (χ0n) is 9.31. The molecule has 0 spiro atoms. The molecule has 0 aromatic carbocycles. The van der Waals surface area contributed by atoms with Crippen LogP contribution < -0.4 is 0 Å². The van der Waals surface area contributed by atoms with Gasteiger partial charge in [-0.05, 0) is 37.2 Å². The van der Waals surface area contributed by atoms with Crippen molar-refractivity contribution in [2.75, 3.05) is 0 Å². The van der Waals surface area contributed by atoms with Crippen molar-refractivity contribution in [3.63, 3.8) is 0 Å². The van der Waals surface area contributed by atoms with E-state index in [0.717, 1.165) is 10.7 Å². The van der Waals surface area contributed by atoms with Gasteiger partial charge in [0.2, 0.25) is 0 Å². The highest BCUT2D eigenvalue weighted by Gasteiger charge is 2.23. The summed E-state index contributed by atoms with van der Waals surface area (Å²) in [5.41, 5.74) is 2.02. The van der Waals surface area contributed by atoms with Crippen LogP contribution in [-0.4, -0.2) is 19.4 Å². The molecule has 0 saturated heterocycles. The Morgan fingerprint density at radius 2 is 2.06 bits per heavy atom. The fourth-order valence-corrected chi connectivity index (χ4v) is 3.35. The van der Waals surface area contributed by atoms with Crippen LogP contribution in [0, 0.1) is 0 Å². The topological polar surface area (TPSA) is 30.2 Å². The van der Waals surface area contributed by atoms with Gasteiger partial charge in [-0.25, -0.2) is 9.50 Å². The molecule has 0 atom stereocenters. The molecule has 5 heteroatoms. The number of pyridine rings is 1. The minimum atomic E-state index is 0.560. The Balaban J connectivity index is 1.96. The summed E-state index contributed by atoms with van der Waals surface area (Å²) in [6.07, 6.45) is 8.41. The van der Waals surface area contributed by atoms with Gasteiger partial charge in [0, 0.05) is 22.1 Å². The lowest BCUT2D eigenvalue weighted by atomic mass is 9.85. The van der Waals surface area contributed by atoms with Crippen LogP contribution in [0.3, 0.4) is 0 Å². The second-order valence-corrected chi connectivity index (χ2v) is 6.29. The highest BCUT2D eigenvalue weighted by atomic mass is 79.9. The monoisotopic (exact) mass is 313 g/mol. The lowest BCUT2D eigenvalue weighted by Crippen LogP contribution is -2.13. The van der Waals surface area contributed by atoms with Crippen LogP contribution in [-0.2, 0) is 0 Å². The summed E-state index contributed by atoms with van der Waals surface area (Å²) in [5, 5.41) is 4.99. The van der Waals surface area contributed by atoms with Gasteiger partial charge in [-0.3, -0.25) is 0 Å². The largest absolute Gasteiger partial charge is 0.221 e. The number of aromatic nitrogens is 3. The molecule has 0 N–H and O–H groups in total. The Hall–Kier alpha value is -0.610. The minimum absolute atomic E-state index is 0.560. The van der Waals surface area contributed by atoms with Gasteiger partial charge in [-0.2, -0.15) is 5.10 Å². The highest BCUT2D eigenvalue weighted by molar-refractivity contribution is 9.09. The number of hydrogen-bond donors (Lipinski definition) is 0. The second-order valence-electron chi connectivity index (χ2n) is 4.59. The van der Waals surface area contributed by atoms with Crippen molar-refractivity contribution in [1.29, 1.82) is 0 Å². The van der Waals surface area contributed by atoms with E-state index in [9.17, 15) is 0 Å². The number of nitrogens with zero attached hydrogens (tertiary/aromatic N) is 3. The van der Waals surface area contributed by atoms with Gasteiger partial charge < -0.3 is 0 Å². The molecule has 1 aliphatic carbocycles. The predicted octanol–water partition coefficient (Wildman–Crippen LogP) is 3.80. The Kier molecular flexibility index (Phi) is 3.09. The molecule has 90 valence electrons. The van der Waals surface area contributed by atoms with E-state index in [1.165, 1.54) is 31.2 Å². The van der Waals surface area contributed by atoms with Crippen LogP contribution in [0.5, 0.6) is 0 Å². The van der Waals surface area contributed by atoms with Crippen LogP contribution in [0.15, 0.2) is 18.6 Å². The predicted molar refractivity (Wildman–Crippen MR) is 71.9 cm³/mol. The molecule has 0 amide bonds. The summed E-state index contributed by atoms with van der Waals surface area (Å²) in [6, 6.07) is 1.91. The van der Waals surface area contributed by atoms with Crippen molar-refractivity contribution < 1.29 is 0 Å². The summed E-state index contributed by atoms with van der Waals surface area (Å²) >= 11 is 10.0. The summed E-state index contributed by atoms with van der Waals surface area (Å²) < 4.78 is 1.81. The molecule has 2 aromatic rings. The van der Waals surface area contributed by atoms with Gasteiger partial charge in [0.25, 0.3) is 0 Å². The zero-order valence-corrected chi connectivity index (χ0v) is 11.7. The van der Waals surface area contributed by atoms with Crippen molar-refractivity contribution in [3.8, 4) is 0 Å². The van der Waals surface area contributed by atoms with Gasteiger partial charge in [-0.15, -0.1) is 0 Å². The first-order chi connectivity index (χ1) is 8.24. The third-order valence-electron chi connectivity index (χ3n) is 3.49. The van der Waals surface area contributed by atoms with Gasteiger partial charge in [0.1, 0.15) is 6.33 Å². The third-order valence-corrected chi connectivity index (χ3v) is 4.73. The fourth-order valence-electron chi connectivity index (χ4n) is 2.52. The molecular formula is C12H13BrClN3. The maximum Gasteiger partial charge on any atom is 0.156 e. The van der Waals surface area contributed by atoms with E-state index in [2.05, 4.69) is 26.0 Å². The molecule has 1 saturated carbocycles. The normalized spacial score (nSPS) is 25.3. The number of fused-ring (bicyclic) bond motifs is 1. The van der Waals surface area contributed by atoms with E-state index < -0.39 is 0 Å². The van der Waals surface area contributed by atoms with E-state index in [1.54, 1.807) is 10.8 Å². The lowest BCUT2D eigenvalue weighted by molar-refractivity contribution is 0.456. The summed E-state index contributed by atoms with van der Waals surface area (Å²) in [6.45, 7) is 0. The number of alkyl halides is 1. The molecule has 0 unspecified atom stereocenters. The van der Waals surface area contributed by atoms with E-state index in [0.29, 0.717) is 10.7 Å². The van der Waals surface area contributed by atoms with E-state index in [4.69, 9.17) is 11.6 Å². The summed E-state index contributed by atoms with van der Waals surface area (Å²) in [5.74, 6) is 0.560. The average Bonchev–Trinajstić information content (AvgIpc) is 2.76. The van der Waals surface area contributed by atoms with Crippen LogP contribution >= 0.6 is 27.5 Å². The number of hydrogen-bond acceptors (Lipinski definition) is 2. The van der Waals surface area contributed by atoms with Crippen LogP contribution in [0.4, 0.5) is 0 Å². The molecule has 1 fully saturated rings. The Bertz CT molecular complexity index is 532. The third kappa shape index (κ3) is 2.20. The zero-order chi connectivity index (χ0) is 11.8. The van der Waals surface area contributed by atoms with Crippen LogP contribution in [0.25, 0.3) is 5.65 Å². The second kappa shape index (κ2) is 4.58. The van der Waals surface area contributed by atoms with Crippen molar-refractivity contribution >= 4 is 33.2 Å². The fraction of sp³-hybridized carbons (Fsp3) is 0.500. The molecule has 1 aliphatic rings. The first-order valence-corrected chi connectivity index (χ1v) is 7.16. The molecular weight excluding hydrogens is 302 g/mol. The van der Waals surface area contributed by atoms with E-state index in [1.807, 2.05) is 12.3 Å². The number of halogens is 2. The first kappa shape index (κ1) is 11.5. The highest BCUT2D eigenvalue weighted by Crippen LogP contribution is 2.38. The van der Waals surface area contributed by atoms with Crippen molar-refractivity contribution in [3.05, 3.63) is 29.2 Å². The quantitative estimate of drug-likeness (QED) is 0.749. The smallest absolute Gasteiger partial charge is 0.156 e. The first-order valence-electron chi connectivity index (χ1n) is 5.87. The maximum absolute atomic E-state index is 6.34. The Morgan fingerprint density at radius 3 is 2.82 bits per heavy atom. The van der Waals surface area contributed by atoms with Gasteiger partial charge in [-0.1, -0.05) is 27.5 Å². The maximum atomic E-state index is 6.34. The van der Waals surface area contributed by atoms with Crippen LogP contribution in [0.1, 0.15) is 37.2 Å². The molecule has 0 bridgehead atoms. The van der Waals surface area contributed by atoms with Crippen molar-refractivity contribution in [2.45, 2.75) is 36.4 Å². The SMILES string of the molecule is Clc1cc2ncnn2cc1C1CCC(Br)CC1. The Morgan fingerprint density at radius 1 is 1.29 bits per heavy atom.